The molecule has 0 radical (unpaired) electrons. The molecule has 1 amide bonds. The van der Waals surface area contributed by atoms with Gasteiger partial charge in [0.25, 0.3) is 5.91 Å². The molecule has 0 bridgehead atoms. The molecule has 2 aromatic heterocycles. The monoisotopic (exact) mass is 462 g/mol. The molecule has 2 N–H and O–H groups in total. The maximum atomic E-state index is 12.2. The van der Waals surface area contributed by atoms with Gasteiger partial charge in [-0.3, -0.25) is 9.00 Å². The van der Waals surface area contributed by atoms with Crippen LogP contribution in [0, 0.1) is 0 Å². The van der Waals surface area contributed by atoms with Gasteiger partial charge in [-0.25, -0.2) is 4.98 Å². The number of aromatic nitrogens is 3. The minimum atomic E-state index is -1.02. The van der Waals surface area contributed by atoms with Crippen molar-refractivity contribution in [3.05, 3.63) is 72.6 Å². The number of carbonyl (C=O) groups excluding carboxylic acids is 1. The number of benzene rings is 2. The summed E-state index contributed by atoms with van der Waals surface area (Å²) in [6.45, 7) is 1.38. The van der Waals surface area contributed by atoms with Crippen LogP contribution in [-0.2, 0) is 10.8 Å². The van der Waals surface area contributed by atoms with Crippen molar-refractivity contribution < 1.29 is 9.00 Å². The molecule has 4 aromatic rings. The van der Waals surface area contributed by atoms with Gasteiger partial charge in [-0.1, -0.05) is 0 Å². The molecule has 0 spiro atoms. The topological polar surface area (TPSA) is 92.2 Å². The van der Waals surface area contributed by atoms with Crippen LogP contribution in [0.25, 0.3) is 16.7 Å². The molecule has 0 fully saturated rings. The maximum absolute atomic E-state index is 12.2. The van der Waals surface area contributed by atoms with E-state index in [1.54, 1.807) is 24.6 Å². The summed E-state index contributed by atoms with van der Waals surface area (Å²) in [4.78, 5) is 24.1. The fraction of sp³-hybridized carbons (Fsp3) is 0.208. The van der Waals surface area contributed by atoms with Crippen LogP contribution in [0.2, 0.25) is 0 Å². The number of nitrogens with zero attached hydrogens (tertiary/aromatic N) is 4. The fourth-order valence-electron chi connectivity index (χ4n) is 3.31. The van der Waals surface area contributed by atoms with Gasteiger partial charge in [0.1, 0.15) is 5.65 Å². The Hall–Kier alpha value is -3.56. The number of hydrogen-bond donors (Lipinski definition) is 2. The molecule has 2 aromatic carbocycles. The van der Waals surface area contributed by atoms with Crippen LogP contribution in [-0.4, -0.2) is 63.0 Å². The normalized spacial score (nSPS) is 12.1. The van der Waals surface area contributed by atoms with Crippen LogP contribution in [0.4, 0.5) is 11.6 Å². The Balaban J connectivity index is 1.49. The number of carbonyl (C=O) groups is 1. The molecule has 0 aliphatic rings. The van der Waals surface area contributed by atoms with E-state index in [9.17, 15) is 9.00 Å². The van der Waals surface area contributed by atoms with Crippen molar-refractivity contribution in [1.82, 2.24) is 24.8 Å². The average molecular weight is 463 g/mol. The van der Waals surface area contributed by atoms with E-state index in [1.165, 1.54) is 0 Å². The van der Waals surface area contributed by atoms with Crippen LogP contribution >= 0.6 is 0 Å². The van der Waals surface area contributed by atoms with Crippen LogP contribution < -0.4 is 10.6 Å². The number of anilines is 2. The van der Waals surface area contributed by atoms with Crippen LogP contribution in [0.15, 0.2) is 71.9 Å². The number of likely N-dealkylation sites (N-methyl/N-ethyl adjacent to an activating group) is 1. The van der Waals surface area contributed by atoms with E-state index in [-0.39, 0.29) is 5.91 Å². The van der Waals surface area contributed by atoms with Gasteiger partial charge in [0.05, 0.1) is 0 Å². The van der Waals surface area contributed by atoms with Gasteiger partial charge in [0.15, 0.2) is 0 Å². The molecule has 33 heavy (non-hydrogen) atoms. The standard InChI is InChI=1S/C24H26N6O2S/c1-29(2)15-13-25-23(31)17-4-6-19(7-5-17)27-24-26-16-18-12-14-30(22(18)28-24)20-8-10-21(11-9-20)33(3)32/h4-12,14,16H,13,15H2,1-3H3,(H,25,31)(H,26,27,28). The first kappa shape index (κ1) is 22.6. The first-order chi connectivity index (χ1) is 15.9. The first-order valence-electron chi connectivity index (χ1n) is 10.5. The molecule has 0 aliphatic heterocycles. The number of rotatable bonds is 8. The second-order valence-corrected chi connectivity index (χ2v) is 9.25. The minimum absolute atomic E-state index is 0.100. The second kappa shape index (κ2) is 9.93. The SMILES string of the molecule is CN(C)CCNC(=O)c1ccc(Nc2ncc3ccn(-c4ccc(S(C)=O)cc4)c3n2)cc1. The lowest BCUT2D eigenvalue weighted by Gasteiger charge is -2.11. The lowest BCUT2D eigenvalue weighted by atomic mass is 10.2. The summed E-state index contributed by atoms with van der Waals surface area (Å²) in [5.41, 5.74) is 3.07. The molecule has 0 aliphatic carbocycles. The summed E-state index contributed by atoms with van der Waals surface area (Å²) < 4.78 is 13.6. The summed E-state index contributed by atoms with van der Waals surface area (Å²) in [5.74, 6) is 0.355. The lowest BCUT2D eigenvalue weighted by Crippen LogP contribution is -2.31. The highest BCUT2D eigenvalue weighted by Crippen LogP contribution is 2.22. The van der Waals surface area contributed by atoms with Crippen molar-refractivity contribution in [1.29, 1.82) is 0 Å². The molecule has 1 unspecified atom stereocenters. The van der Waals surface area contributed by atoms with Crippen molar-refractivity contribution >= 4 is 39.4 Å². The van der Waals surface area contributed by atoms with Gasteiger partial charge in [0.2, 0.25) is 5.95 Å². The zero-order chi connectivity index (χ0) is 23.4. The van der Waals surface area contributed by atoms with Gasteiger partial charge in [-0.15, -0.1) is 0 Å². The Kier molecular flexibility index (Phi) is 6.81. The lowest BCUT2D eigenvalue weighted by molar-refractivity contribution is 0.0951. The third kappa shape index (κ3) is 5.44. The molecular weight excluding hydrogens is 436 g/mol. The van der Waals surface area contributed by atoms with Crippen molar-refractivity contribution in [3.8, 4) is 5.69 Å². The highest BCUT2D eigenvalue weighted by atomic mass is 32.2. The maximum Gasteiger partial charge on any atom is 0.251 e. The van der Waals surface area contributed by atoms with E-state index in [2.05, 4.69) is 20.6 Å². The van der Waals surface area contributed by atoms with Crippen LogP contribution in [0.3, 0.4) is 0 Å². The molecule has 170 valence electrons. The van der Waals surface area contributed by atoms with E-state index in [0.29, 0.717) is 18.1 Å². The van der Waals surface area contributed by atoms with Gasteiger partial charge < -0.3 is 20.1 Å². The molecule has 4 rings (SSSR count). The van der Waals surface area contributed by atoms with Gasteiger partial charge in [-0.05, 0) is 68.7 Å². The molecule has 8 nitrogen and oxygen atoms in total. The zero-order valence-corrected chi connectivity index (χ0v) is 19.6. The largest absolute Gasteiger partial charge is 0.351 e. The fourth-order valence-corrected chi connectivity index (χ4v) is 3.83. The van der Waals surface area contributed by atoms with Gasteiger partial charge in [-0.2, -0.15) is 4.98 Å². The third-order valence-corrected chi connectivity index (χ3v) is 6.06. The molecular formula is C24H26N6O2S. The quantitative estimate of drug-likeness (QED) is 0.418. The number of amides is 1. The van der Waals surface area contributed by atoms with E-state index >= 15 is 0 Å². The minimum Gasteiger partial charge on any atom is -0.351 e. The average Bonchev–Trinajstić information content (AvgIpc) is 3.22. The van der Waals surface area contributed by atoms with E-state index in [1.807, 2.05) is 72.2 Å². The summed E-state index contributed by atoms with van der Waals surface area (Å²) in [7, 11) is 2.92. The van der Waals surface area contributed by atoms with Crippen molar-refractivity contribution in [2.24, 2.45) is 0 Å². The summed E-state index contributed by atoms with van der Waals surface area (Å²) in [5, 5.41) is 7.01. The highest BCUT2D eigenvalue weighted by Gasteiger charge is 2.09. The third-order valence-electron chi connectivity index (χ3n) is 5.12. The Morgan fingerprint density at radius 3 is 2.45 bits per heavy atom. The van der Waals surface area contributed by atoms with Gasteiger partial charge >= 0.3 is 0 Å². The van der Waals surface area contributed by atoms with Gasteiger partial charge in [0, 0.05) is 69.8 Å². The van der Waals surface area contributed by atoms with E-state index in [4.69, 9.17) is 0 Å². The summed E-state index contributed by atoms with van der Waals surface area (Å²) >= 11 is 0. The molecule has 9 heteroatoms. The van der Waals surface area contributed by atoms with E-state index < -0.39 is 10.8 Å². The van der Waals surface area contributed by atoms with Crippen LogP contribution in [0.5, 0.6) is 0 Å². The van der Waals surface area contributed by atoms with Crippen LogP contribution in [0.1, 0.15) is 10.4 Å². The molecule has 0 saturated heterocycles. The predicted octanol–water partition coefficient (Wildman–Crippen LogP) is 3.19. The van der Waals surface area contributed by atoms with E-state index in [0.717, 1.165) is 33.8 Å². The Labute approximate surface area is 195 Å². The zero-order valence-electron chi connectivity index (χ0n) is 18.8. The smallest absolute Gasteiger partial charge is 0.251 e. The molecule has 2 heterocycles. The molecule has 1 atom stereocenters. The number of nitrogens with one attached hydrogen (secondary N) is 2. The predicted molar refractivity (Wildman–Crippen MR) is 132 cm³/mol. The second-order valence-electron chi connectivity index (χ2n) is 7.87. The van der Waals surface area contributed by atoms with Crippen molar-refractivity contribution in [2.45, 2.75) is 4.90 Å². The Morgan fingerprint density at radius 2 is 1.79 bits per heavy atom. The first-order valence-corrected chi connectivity index (χ1v) is 12.0. The number of hydrogen-bond acceptors (Lipinski definition) is 6. The summed E-state index contributed by atoms with van der Waals surface area (Å²) in [6, 6.07) is 16.7. The Morgan fingerprint density at radius 1 is 1.06 bits per heavy atom. The van der Waals surface area contributed by atoms with Crippen molar-refractivity contribution in [3.63, 3.8) is 0 Å². The van der Waals surface area contributed by atoms with Crippen molar-refractivity contribution in [2.75, 3.05) is 38.8 Å². The molecule has 0 saturated carbocycles. The highest BCUT2D eigenvalue weighted by molar-refractivity contribution is 7.84. The summed E-state index contributed by atoms with van der Waals surface area (Å²) in [6.07, 6.45) is 5.36. The Bertz CT molecular complexity index is 1280. The number of fused-ring (bicyclic) bond motifs is 1.